The number of nitrogens with one attached hydrogen (secondary N) is 1. The van der Waals surface area contributed by atoms with Gasteiger partial charge in [0.05, 0.1) is 10.0 Å². The van der Waals surface area contributed by atoms with Crippen LogP contribution in [0.4, 0.5) is 11.8 Å². The molecule has 5 nitrogen and oxygen atoms in total. The minimum Gasteiger partial charge on any atom is -0.382 e. The molecule has 19 heavy (non-hydrogen) atoms. The monoisotopic (exact) mass is 316 g/mol. The zero-order chi connectivity index (χ0) is 14.0. The lowest BCUT2D eigenvalue weighted by Crippen LogP contribution is -2.15. The highest BCUT2D eigenvalue weighted by molar-refractivity contribution is 7.98. The summed E-state index contributed by atoms with van der Waals surface area (Å²) in [6.45, 7) is 0. The molecule has 0 unspecified atom stereocenters. The molecule has 0 fully saturated rings. The van der Waals surface area contributed by atoms with E-state index in [4.69, 9.17) is 34.7 Å². The molecule has 1 aromatic carbocycles. The van der Waals surface area contributed by atoms with Crippen LogP contribution in [-0.4, -0.2) is 9.97 Å². The number of hydrogen-bond acceptors (Lipinski definition) is 5. The second-order valence-electron chi connectivity index (χ2n) is 3.70. The molecule has 0 atom stereocenters. The third-order valence-electron chi connectivity index (χ3n) is 2.29. The summed E-state index contributed by atoms with van der Waals surface area (Å²) in [5.74, 6) is 0.642. The summed E-state index contributed by atoms with van der Waals surface area (Å²) in [7, 11) is 0. The van der Waals surface area contributed by atoms with Crippen LogP contribution in [-0.2, 0) is 5.75 Å². The molecule has 0 aliphatic carbocycles. The molecule has 1 aromatic heterocycles. The summed E-state index contributed by atoms with van der Waals surface area (Å²) in [6.07, 6.45) is 0. The van der Waals surface area contributed by atoms with Crippen LogP contribution in [0.5, 0.6) is 0 Å². The summed E-state index contributed by atoms with van der Waals surface area (Å²) in [5, 5.41) is 0.957. The Morgan fingerprint density at radius 3 is 2.63 bits per heavy atom. The average molecular weight is 317 g/mol. The minimum atomic E-state index is -0.352. The van der Waals surface area contributed by atoms with E-state index in [1.165, 1.54) is 11.8 Å². The van der Waals surface area contributed by atoms with Crippen molar-refractivity contribution >= 4 is 46.7 Å². The van der Waals surface area contributed by atoms with Crippen LogP contribution in [0, 0.1) is 0 Å². The van der Waals surface area contributed by atoms with Crippen LogP contribution >= 0.6 is 35.0 Å². The van der Waals surface area contributed by atoms with E-state index in [1.807, 2.05) is 6.07 Å². The summed E-state index contributed by atoms with van der Waals surface area (Å²) in [4.78, 5) is 18.2. The van der Waals surface area contributed by atoms with Crippen molar-refractivity contribution in [3.63, 3.8) is 0 Å². The lowest BCUT2D eigenvalue weighted by Gasteiger charge is -2.05. The standard InChI is InChI=1S/C11H10Cl2N4OS/c12-6-2-1-5(3-7(6)13)4-19-8-9(14)16-11(15)17-10(8)18/h1-3H,4H2,(H5,14,15,16,17,18). The van der Waals surface area contributed by atoms with Gasteiger partial charge in [-0.3, -0.25) is 9.78 Å². The van der Waals surface area contributed by atoms with Gasteiger partial charge < -0.3 is 11.5 Å². The fourth-order valence-corrected chi connectivity index (χ4v) is 2.61. The Morgan fingerprint density at radius 2 is 2.00 bits per heavy atom. The molecular formula is C11H10Cl2N4OS. The van der Waals surface area contributed by atoms with E-state index in [9.17, 15) is 4.79 Å². The van der Waals surface area contributed by atoms with E-state index in [0.29, 0.717) is 20.7 Å². The van der Waals surface area contributed by atoms with Gasteiger partial charge in [-0.25, -0.2) is 0 Å². The first-order chi connectivity index (χ1) is 8.97. The van der Waals surface area contributed by atoms with Crippen molar-refractivity contribution in [1.29, 1.82) is 0 Å². The second kappa shape index (κ2) is 5.73. The Hall–Kier alpha value is -1.37. The first-order valence-corrected chi connectivity index (χ1v) is 6.93. The number of anilines is 2. The highest BCUT2D eigenvalue weighted by atomic mass is 35.5. The molecular weight excluding hydrogens is 307 g/mol. The number of nitrogens with zero attached hydrogens (tertiary/aromatic N) is 1. The fourth-order valence-electron chi connectivity index (χ4n) is 1.42. The fraction of sp³-hybridized carbons (Fsp3) is 0.0909. The van der Waals surface area contributed by atoms with E-state index in [2.05, 4.69) is 9.97 Å². The van der Waals surface area contributed by atoms with Gasteiger partial charge in [0.1, 0.15) is 10.7 Å². The third kappa shape index (κ3) is 3.34. The Labute approximate surface area is 123 Å². The molecule has 2 aromatic rings. The normalized spacial score (nSPS) is 10.6. The number of aromatic amines is 1. The molecule has 0 saturated heterocycles. The van der Waals surface area contributed by atoms with Crippen LogP contribution in [0.3, 0.4) is 0 Å². The van der Waals surface area contributed by atoms with Crippen LogP contribution in [0.2, 0.25) is 10.0 Å². The van der Waals surface area contributed by atoms with Crippen molar-refractivity contribution in [1.82, 2.24) is 9.97 Å². The van der Waals surface area contributed by atoms with E-state index in [0.717, 1.165) is 5.56 Å². The molecule has 5 N–H and O–H groups in total. The van der Waals surface area contributed by atoms with Crippen LogP contribution in [0.15, 0.2) is 27.9 Å². The van der Waals surface area contributed by atoms with E-state index >= 15 is 0 Å². The molecule has 0 saturated carbocycles. The summed E-state index contributed by atoms with van der Waals surface area (Å²) in [6, 6.07) is 5.27. The maximum atomic E-state index is 11.7. The zero-order valence-corrected chi connectivity index (χ0v) is 11.9. The van der Waals surface area contributed by atoms with Crippen molar-refractivity contribution in [2.45, 2.75) is 10.6 Å². The largest absolute Gasteiger partial charge is 0.382 e. The number of H-pyrrole nitrogens is 1. The Bertz CT molecular complexity index is 674. The van der Waals surface area contributed by atoms with E-state index < -0.39 is 0 Å². The Morgan fingerprint density at radius 1 is 1.26 bits per heavy atom. The predicted octanol–water partition coefficient (Wildman–Crippen LogP) is 2.53. The molecule has 2 rings (SSSR count). The van der Waals surface area contributed by atoms with Gasteiger partial charge in [0.15, 0.2) is 0 Å². The topological polar surface area (TPSA) is 97.8 Å². The number of nitrogens with two attached hydrogens (primary N) is 2. The zero-order valence-electron chi connectivity index (χ0n) is 9.61. The molecule has 0 spiro atoms. The smallest absolute Gasteiger partial charge is 0.268 e. The number of hydrogen-bond donors (Lipinski definition) is 3. The van der Waals surface area contributed by atoms with Gasteiger partial charge in [-0.15, -0.1) is 11.8 Å². The van der Waals surface area contributed by atoms with Gasteiger partial charge >= 0.3 is 0 Å². The van der Waals surface area contributed by atoms with Crippen molar-refractivity contribution < 1.29 is 0 Å². The maximum absolute atomic E-state index is 11.7. The van der Waals surface area contributed by atoms with Crippen LogP contribution < -0.4 is 17.0 Å². The summed E-state index contributed by atoms with van der Waals surface area (Å²) < 4.78 is 0. The first-order valence-electron chi connectivity index (χ1n) is 5.19. The molecule has 0 aliphatic heterocycles. The van der Waals surface area contributed by atoms with Crippen molar-refractivity contribution in [3.8, 4) is 0 Å². The van der Waals surface area contributed by atoms with Gasteiger partial charge in [-0.2, -0.15) is 4.98 Å². The average Bonchev–Trinajstić information content (AvgIpc) is 2.32. The van der Waals surface area contributed by atoms with Gasteiger partial charge in [-0.05, 0) is 17.7 Å². The molecule has 0 radical (unpaired) electrons. The molecule has 0 amide bonds. The van der Waals surface area contributed by atoms with Gasteiger partial charge in [0, 0.05) is 5.75 Å². The van der Waals surface area contributed by atoms with Crippen molar-refractivity contribution in [3.05, 3.63) is 44.2 Å². The van der Waals surface area contributed by atoms with Crippen LogP contribution in [0.1, 0.15) is 5.56 Å². The van der Waals surface area contributed by atoms with E-state index in [1.54, 1.807) is 12.1 Å². The van der Waals surface area contributed by atoms with Crippen molar-refractivity contribution in [2.24, 2.45) is 0 Å². The van der Waals surface area contributed by atoms with Gasteiger partial charge in [-0.1, -0.05) is 29.3 Å². The summed E-state index contributed by atoms with van der Waals surface area (Å²) in [5.41, 5.74) is 11.6. The number of thioether (sulfide) groups is 1. The highest BCUT2D eigenvalue weighted by Crippen LogP contribution is 2.27. The summed E-state index contributed by atoms with van der Waals surface area (Å²) >= 11 is 13.0. The SMILES string of the molecule is Nc1nc(N)c(SCc2ccc(Cl)c(Cl)c2)c(=O)[nH]1. The van der Waals surface area contributed by atoms with Crippen LogP contribution in [0.25, 0.3) is 0 Å². The lowest BCUT2D eigenvalue weighted by molar-refractivity contribution is 1.07. The number of benzene rings is 1. The Kier molecular flexibility index (Phi) is 4.24. The molecule has 1 heterocycles. The van der Waals surface area contributed by atoms with Crippen molar-refractivity contribution in [2.75, 3.05) is 11.5 Å². The van der Waals surface area contributed by atoms with Gasteiger partial charge in [0.25, 0.3) is 5.56 Å². The van der Waals surface area contributed by atoms with E-state index in [-0.39, 0.29) is 17.3 Å². The number of aromatic nitrogens is 2. The third-order valence-corrected chi connectivity index (χ3v) is 4.19. The molecule has 0 bridgehead atoms. The number of halogens is 2. The van der Waals surface area contributed by atoms with Gasteiger partial charge in [0.2, 0.25) is 5.95 Å². The number of rotatable bonds is 3. The number of nitrogen functional groups attached to an aromatic ring is 2. The highest BCUT2D eigenvalue weighted by Gasteiger charge is 2.09. The molecule has 100 valence electrons. The predicted molar refractivity (Wildman–Crippen MR) is 79.7 cm³/mol. The second-order valence-corrected chi connectivity index (χ2v) is 5.50. The minimum absolute atomic E-state index is 0.00128. The maximum Gasteiger partial charge on any atom is 0.268 e. The molecule has 0 aliphatic rings. The Balaban J connectivity index is 2.19. The molecule has 8 heteroatoms. The quantitative estimate of drug-likeness (QED) is 0.756. The lowest BCUT2D eigenvalue weighted by atomic mass is 10.2. The first kappa shape index (κ1) is 14.0.